The predicted octanol–water partition coefficient (Wildman–Crippen LogP) is 2.12. The van der Waals surface area contributed by atoms with E-state index in [0.29, 0.717) is 18.2 Å². The van der Waals surface area contributed by atoms with Crippen LogP contribution < -0.4 is 5.43 Å². The van der Waals surface area contributed by atoms with Gasteiger partial charge in [-0.2, -0.15) is 21.6 Å². The van der Waals surface area contributed by atoms with Crippen LogP contribution in [0.5, 0.6) is 0 Å². The van der Waals surface area contributed by atoms with Crippen LogP contribution in [0, 0.1) is 0 Å². The second kappa shape index (κ2) is 9.00. The van der Waals surface area contributed by atoms with E-state index in [9.17, 15) is 26.4 Å². The Kier molecular flexibility index (Phi) is 8.38. The van der Waals surface area contributed by atoms with Crippen molar-refractivity contribution in [3.05, 3.63) is 35.4 Å². The van der Waals surface area contributed by atoms with E-state index >= 15 is 0 Å². The maximum atomic E-state index is 12.6. The summed E-state index contributed by atoms with van der Waals surface area (Å²) in [4.78, 5) is 11.0. The van der Waals surface area contributed by atoms with Crippen molar-refractivity contribution in [2.24, 2.45) is 0 Å². The number of halogens is 3. The minimum atomic E-state index is -4.33. The molecule has 6 nitrogen and oxygen atoms in total. The Balaban J connectivity index is 0.000000922. The quantitative estimate of drug-likeness (QED) is 0.626. The van der Waals surface area contributed by atoms with Gasteiger partial charge in [0.15, 0.2) is 0 Å². The van der Waals surface area contributed by atoms with Crippen molar-refractivity contribution in [2.45, 2.75) is 32.5 Å². The summed E-state index contributed by atoms with van der Waals surface area (Å²) in [6.07, 6.45) is -3.21. The van der Waals surface area contributed by atoms with Gasteiger partial charge in [-0.25, -0.2) is 5.43 Å². The number of hydrogen-bond donors (Lipinski definition) is 2. The molecular formula is C14H21F3N2O4S. The molecule has 0 aromatic heterocycles. The molecule has 1 aromatic carbocycles. The number of carbonyl (C=O) groups excluding carboxylic acids is 1. The van der Waals surface area contributed by atoms with Crippen LogP contribution in [0.4, 0.5) is 13.2 Å². The third-order valence-electron chi connectivity index (χ3n) is 2.68. The topological polar surface area (TPSA) is 86.7 Å². The van der Waals surface area contributed by atoms with E-state index in [-0.39, 0.29) is 11.9 Å². The Morgan fingerprint density at radius 1 is 1.38 bits per heavy atom. The molecule has 24 heavy (non-hydrogen) atoms. The molecule has 1 atom stereocenters. The molecule has 2 N–H and O–H groups in total. The molecule has 0 radical (unpaired) electrons. The summed E-state index contributed by atoms with van der Waals surface area (Å²) >= 11 is 0. The highest BCUT2D eigenvalue weighted by atomic mass is 32.2. The first kappa shape index (κ1) is 22.4. The van der Waals surface area contributed by atoms with Crippen LogP contribution in [0.2, 0.25) is 0 Å². The molecule has 138 valence electrons. The smallest absolute Gasteiger partial charge is 0.286 e. The van der Waals surface area contributed by atoms with Crippen molar-refractivity contribution >= 4 is 16.0 Å². The van der Waals surface area contributed by atoms with Crippen LogP contribution in [0.25, 0.3) is 0 Å². The summed E-state index contributed by atoms with van der Waals surface area (Å²) in [5.41, 5.74) is 2.81. The first-order valence-corrected chi connectivity index (χ1v) is 8.64. The molecule has 0 saturated heterocycles. The van der Waals surface area contributed by atoms with Crippen LogP contribution in [-0.2, 0) is 27.5 Å². The standard InChI is InChI=1S/C13H17F3N2O.CH4O3S/c1-9(17-18(3)10(2)19)7-11-5-4-6-12(8-11)13(14,15)16;1-5(2,3)4/h4-6,8-9,17H,7H2,1-3H3;1H3,(H,2,3,4). The molecule has 0 aliphatic rings. The van der Waals surface area contributed by atoms with Gasteiger partial charge in [-0.1, -0.05) is 18.2 Å². The summed E-state index contributed by atoms with van der Waals surface area (Å²) in [5.74, 6) is -0.157. The van der Waals surface area contributed by atoms with Gasteiger partial charge in [-0.3, -0.25) is 14.4 Å². The number of carbonyl (C=O) groups is 1. The van der Waals surface area contributed by atoms with E-state index in [1.165, 1.54) is 18.0 Å². The maximum Gasteiger partial charge on any atom is 0.416 e. The Hall–Kier alpha value is -1.65. The van der Waals surface area contributed by atoms with Crippen molar-refractivity contribution in [2.75, 3.05) is 13.3 Å². The number of rotatable bonds is 4. The van der Waals surface area contributed by atoms with E-state index in [4.69, 9.17) is 4.55 Å². The summed E-state index contributed by atoms with van der Waals surface area (Å²) in [5, 5.41) is 1.32. The van der Waals surface area contributed by atoms with Crippen molar-refractivity contribution in [3.8, 4) is 0 Å². The molecule has 0 aliphatic heterocycles. The van der Waals surface area contributed by atoms with Gasteiger partial charge in [-0.05, 0) is 25.0 Å². The van der Waals surface area contributed by atoms with Crippen molar-refractivity contribution in [3.63, 3.8) is 0 Å². The Morgan fingerprint density at radius 3 is 2.29 bits per heavy atom. The van der Waals surface area contributed by atoms with Gasteiger partial charge < -0.3 is 0 Å². The first-order chi connectivity index (χ1) is 10.7. The summed E-state index contributed by atoms with van der Waals surface area (Å²) in [6, 6.07) is 5.06. The fraction of sp³-hybridized carbons (Fsp3) is 0.500. The number of hydrazine groups is 1. The number of benzene rings is 1. The van der Waals surface area contributed by atoms with Gasteiger partial charge >= 0.3 is 6.18 Å². The summed E-state index contributed by atoms with van der Waals surface area (Å²) in [6.45, 7) is 3.21. The van der Waals surface area contributed by atoms with Gasteiger partial charge in [0.25, 0.3) is 10.1 Å². The summed E-state index contributed by atoms with van der Waals surface area (Å²) < 4.78 is 63.5. The van der Waals surface area contributed by atoms with Gasteiger partial charge in [0.1, 0.15) is 0 Å². The van der Waals surface area contributed by atoms with E-state index in [2.05, 4.69) is 5.43 Å². The highest BCUT2D eigenvalue weighted by Crippen LogP contribution is 2.29. The average Bonchev–Trinajstić information content (AvgIpc) is 2.35. The normalized spacial score (nSPS) is 12.8. The average molecular weight is 370 g/mol. The fourth-order valence-electron chi connectivity index (χ4n) is 1.70. The molecule has 0 fully saturated rings. The van der Waals surface area contributed by atoms with E-state index in [1.54, 1.807) is 20.0 Å². The molecule has 0 spiro atoms. The Morgan fingerprint density at radius 2 is 1.88 bits per heavy atom. The van der Waals surface area contributed by atoms with Gasteiger partial charge in [-0.15, -0.1) is 0 Å². The molecule has 1 aromatic rings. The van der Waals surface area contributed by atoms with Gasteiger partial charge in [0.05, 0.1) is 11.8 Å². The lowest BCUT2D eigenvalue weighted by Crippen LogP contribution is -2.44. The second-order valence-electron chi connectivity index (χ2n) is 5.24. The molecule has 0 bridgehead atoms. The number of amides is 1. The van der Waals surface area contributed by atoms with E-state index in [1.807, 2.05) is 0 Å². The highest BCUT2D eigenvalue weighted by molar-refractivity contribution is 7.85. The maximum absolute atomic E-state index is 12.6. The second-order valence-corrected chi connectivity index (χ2v) is 6.71. The molecular weight excluding hydrogens is 349 g/mol. The van der Waals surface area contributed by atoms with Gasteiger partial charge in [0, 0.05) is 20.0 Å². The van der Waals surface area contributed by atoms with Crippen molar-refractivity contribution < 1.29 is 30.9 Å². The third-order valence-corrected chi connectivity index (χ3v) is 2.68. The van der Waals surface area contributed by atoms with Crippen LogP contribution in [0.1, 0.15) is 25.0 Å². The van der Waals surface area contributed by atoms with Crippen LogP contribution >= 0.6 is 0 Å². The Labute approximate surface area is 139 Å². The van der Waals surface area contributed by atoms with Crippen LogP contribution in [0.15, 0.2) is 24.3 Å². The molecule has 0 heterocycles. The van der Waals surface area contributed by atoms with Crippen molar-refractivity contribution in [1.29, 1.82) is 0 Å². The lowest BCUT2D eigenvalue weighted by atomic mass is 10.0. The monoisotopic (exact) mass is 370 g/mol. The summed E-state index contributed by atoms with van der Waals surface area (Å²) in [7, 11) is -2.09. The predicted molar refractivity (Wildman–Crippen MR) is 83.7 cm³/mol. The third kappa shape index (κ3) is 11.0. The zero-order chi connectivity index (χ0) is 19.1. The van der Waals surface area contributed by atoms with Crippen molar-refractivity contribution in [1.82, 2.24) is 10.4 Å². The molecule has 1 amide bonds. The minimum Gasteiger partial charge on any atom is -0.286 e. The Bertz CT molecular complexity index is 640. The lowest BCUT2D eigenvalue weighted by Gasteiger charge is -2.22. The van der Waals surface area contributed by atoms with E-state index in [0.717, 1.165) is 12.1 Å². The minimum absolute atomic E-state index is 0.141. The number of nitrogens with zero attached hydrogens (tertiary/aromatic N) is 1. The molecule has 0 saturated carbocycles. The molecule has 1 unspecified atom stereocenters. The van der Waals surface area contributed by atoms with Crippen LogP contribution in [0.3, 0.4) is 0 Å². The lowest BCUT2D eigenvalue weighted by molar-refractivity contribution is -0.137. The molecule has 1 rings (SSSR count). The fourth-order valence-corrected chi connectivity index (χ4v) is 1.70. The van der Waals surface area contributed by atoms with Crippen LogP contribution in [-0.4, -0.2) is 43.2 Å². The number of alkyl halides is 3. The molecule has 0 aliphatic carbocycles. The van der Waals surface area contributed by atoms with E-state index < -0.39 is 21.9 Å². The number of hydrogen-bond acceptors (Lipinski definition) is 4. The SMILES string of the molecule is CC(=O)N(C)NC(C)Cc1cccc(C(F)(F)F)c1.CS(=O)(=O)O. The number of nitrogens with one attached hydrogen (secondary N) is 1. The zero-order valence-corrected chi connectivity index (χ0v) is 14.6. The zero-order valence-electron chi connectivity index (χ0n) is 13.8. The largest absolute Gasteiger partial charge is 0.416 e. The molecule has 10 heteroatoms. The highest BCUT2D eigenvalue weighted by Gasteiger charge is 2.30. The van der Waals surface area contributed by atoms with Gasteiger partial charge in [0.2, 0.25) is 5.91 Å². The first-order valence-electron chi connectivity index (χ1n) is 6.79.